The molecule has 6 heteroatoms. The third-order valence-corrected chi connectivity index (χ3v) is 6.72. The summed E-state index contributed by atoms with van der Waals surface area (Å²) in [6, 6.07) is 0. The highest BCUT2D eigenvalue weighted by molar-refractivity contribution is 8.06. The van der Waals surface area contributed by atoms with Crippen LogP contribution < -0.4 is 5.73 Å². The van der Waals surface area contributed by atoms with E-state index in [9.17, 15) is 0 Å². The van der Waals surface area contributed by atoms with Crippen LogP contribution in [-0.2, 0) is 5.41 Å². The van der Waals surface area contributed by atoms with Crippen molar-refractivity contribution in [1.29, 1.82) is 0 Å². The second kappa shape index (κ2) is 5.84. The zero-order valence-electron chi connectivity index (χ0n) is 11.2. The largest absolute Gasteiger partial charge is 0.339 e. The van der Waals surface area contributed by atoms with Gasteiger partial charge in [0.25, 0.3) is 0 Å². The van der Waals surface area contributed by atoms with E-state index in [0.717, 1.165) is 18.0 Å². The summed E-state index contributed by atoms with van der Waals surface area (Å²) < 4.78 is 5.45. The van der Waals surface area contributed by atoms with Crippen molar-refractivity contribution in [1.82, 2.24) is 10.1 Å². The molecule has 0 radical (unpaired) electrons. The average molecular weight is 287 g/mol. The van der Waals surface area contributed by atoms with Crippen LogP contribution in [0.3, 0.4) is 0 Å². The van der Waals surface area contributed by atoms with Crippen LogP contribution in [0, 0.1) is 0 Å². The molecule has 1 fully saturated rings. The van der Waals surface area contributed by atoms with Crippen molar-refractivity contribution in [2.75, 3.05) is 18.1 Å². The Morgan fingerprint density at radius 1 is 1.44 bits per heavy atom. The minimum atomic E-state index is -0.193. The van der Waals surface area contributed by atoms with Crippen molar-refractivity contribution < 1.29 is 4.52 Å². The lowest BCUT2D eigenvalue weighted by atomic mass is 9.88. The smallest absolute Gasteiger partial charge is 0.233 e. The van der Waals surface area contributed by atoms with E-state index in [0.29, 0.717) is 22.9 Å². The van der Waals surface area contributed by atoms with Crippen LogP contribution in [0.15, 0.2) is 4.52 Å². The summed E-state index contributed by atoms with van der Waals surface area (Å²) in [5, 5.41) is 5.07. The monoisotopic (exact) mass is 287 g/mol. The van der Waals surface area contributed by atoms with E-state index in [1.807, 2.05) is 23.5 Å². The summed E-state index contributed by atoms with van der Waals surface area (Å²) in [5.74, 6) is 3.89. The van der Waals surface area contributed by atoms with Crippen molar-refractivity contribution in [2.45, 2.75) is 43.1 Å². The van der Waals surface area contributed by atoms with E-state index in [1.54, 1.807) is 0 Å². The van der Waals surface area contributed by atoms with Crippen molar-refractivity contribution in [3.05, 3.63) is 11.7 Å². The maximum atomic E-state index is 5.83. The van der Waals surface area contributed by atoms with Crippen LogP contribution in [0.5, 0.6) is 0 Å². The Kier molecular flexibility index (Phi) is 4.61. The van der Waals surface area contributed by atoms with Gasteiger partial charge < -0.3 is 10.3 Å². The van der Waals surface area contributed by atoms with E-state index in [-0.39, 0.29) is 5.41 Å². The molecule has 1 aliphatic heterocycles. The van der Waals surface area contributed by atoms with E-state index < -0.39 is 0 Å². The van der Waals surface area contributed by atoms with Crippen LogP contribution >= 0.6 is 23.5 Å². The lowest BCUT2D eigenvalue weighted by molar-refractivity contribution is 0.289. The van der Waals surface area contributed by atoms with Gasteiger partial charge in [-0.15, -0.1) is 11.8 Å². The summed E-state index contributed by atoms with van der Waals surface area (Å²) >= 11 is 3.91. The fraction of sp³-hybridized carbons (Fsp3) is 0.833. The first-order valence-electron chi connectivity index (χ1n) is 6.38. The molecule has 2 N–H and O–H groups in total. The van der Waals surface area contributed by atoms with Crippen LogP contribution in [-0.4, -0.2) is 33.4 Å². The van der Waals surface area contributed by atoms with Gasteiger partial charge in [0, 0.05) is 23.3 Å². The third-order valence-electron chi connectivity index (χ3n) is 3.63. The molecular weight excluding hydrogens is 266 g/mol. The molecule has 0 spiro atoms. The Balaban J connectivity index is 2.19. The standard InChI is InChI=1S/C12H21N3OS2/c1-4-12(3,7-13)11-14-10(15-16-11)9-8(2)17-5-6-18-9/h8-9H,4-7,13H2,1-3H3. The molecule has 0 aromatic carbocycles. The molecule has 2 rings (SSSR count). The summed E-state index contributed by atoms with van der Waals surface area (Å²) in [5.41, 5.74) is 5.63. The first-order chi connectivity index (χ1) is 8.60. The van der Waals surface area contributed by atoms with Crippen molar-refractivity contribution in [3.8, 4) is 0 Å². The zero-order valence-corrected chi connectivity index (χ0v) is 12.8. The molecule has 0 saturated carbocycles. The molecule has 1 aromatic rings. The van der Waals surface area contributed by atoms with Crippen LogP contribution in [0.1, 0.15) is 44.2 Å². The molecule has 3 unspecified atom stereocenters. The lowest BCUT2D eigenvalue weighted by Crippen LogP contribution is -2.31. The highest BCUT2D eigenvalue weighted by Crippen LogP contribution is 2.41. The zero-order chi connectivity index (χ0) is 13.2. The number of rotatable bonds is 4. The minimum Gasteiger partial charge on any atom is -0.339 e. The van der Waals surface area contributed by atoms with Gasteiger partial charge in [-0.3, -0.25) is 0 Å². The van der Waals surface area contributed by atoms with Crippen molar-refractivity contribution in [2.24, 2.45) is 5.73 Å². The normalized spacial score (nSPS) is 28.0. The summed E-state index contributed by atoms with van der Waals surface area (Å²) in [4.78, 5) is 4.61. The molecule has 1 aromatic heterocycles. The second-order valence-electron chi connectivity index (χ2n) is 4.94. The van der Waals surface area contributed by atoms with Gasteiger partial charge in [-0.25, -0.2) is 0 Å². The molecule has 4 nitrogen and oxygen atoms in total. The predicted molar refractivity (Wildman–Crippen MR) is 78.1 cm³/mol. The minimum absolute atomic E-state index is 0.193. The highest BCUT2D eigenvalue weighted by Gasteiger charge is 2.33. The van der Waals surface area contributed by atoms with Crippen LogP contribution in [0.4, 0.5) is 0 Å². The quantitative estimate of drug-likeness (QED) is 0.918. The molecule has 3 atom stereocenters. The summed E-state index contributed by atoms with van der Waals surface area (Å²) in [7, 11) is 0. The van der Waals surface area contributed by atoms with Gasteiger partial charge in [-0.05, 0) is 13.3 Å². The van der Waals surface area contributed by atoms with Crippen LogP contribution in [0.25, 0.3) is 0 Å². The van der Waals surface area contributed by atoms with E-state index in [2.05, 4.69) is 30.9 Å². The highest BCUT2D eigenvalue weighted by atomic mass is 32.2. The maximum Gasteiger partial charge on any atom is 0.233 e. The van der Waals surface area contributed by atoms with Gasteiger partial charge in [0.15, 0.2) is 5.82 Å². The van der Waals surface area contributed by atoms with Crippen LogP contribution in [0.2, 0.25) is 0 Å². The van der Waals surface area contributed by atoms with Gasteiger partial charge >= 0.3 is 0 Å². The molecule has 102 valence electrons. The SMILES string of the molecule is CCC(C)(CN)c1nc(C2SCCSC2C)no1. The van der Waals surface area contributed by atoms with Gasteiger partial charge in [-0.1, -0.05) is 19.0 Å². The third kappa shape index (κ3) is 2.70. The number of thioether (sulfide) groups is 2. The lowest BCUT2D eigenvalue weighted by Gasteiger charge is -2.25. The fourth-order valence-corrected chi connectivity index (χ4v) is 4.57. The maximum absolute atomic E-state index is 5.83. The molecule has 1 saturated heterocycles. The van der Waals surface area contributed by atoms with Gasteiger partial charge in [0.05, 0.1) is 10.7 Å². The number of hydrogen-bond donors (Lipinski definition) is 1. The second-order valence-corrected chi connectivity index (χ2v) is 7.68. The number of hydrogen-bond acceptors (Lipinski definition) is 6. The first kappa shape index (κ1) is 14.2. The first-order valence-corrected chi connectivity index (χ1v) is 8.48. The number of aromatic nitrogens is 2. The van der Waals surface area contributed by atoms with E-state index in [4.69, 9.17) is 10.3 Å². The molecule has 0 aliphatic carbocycles. The van der Waals surface area contributed by atoms with Gasteiger partial charge in [0.2, 0.25) is 5.89 Å². The molecular formula is C12H21N3OS2. The molecule has 1 aliphatic rings. The Bertz CT molecular complexity index is 392. The fourth-order valence-electron chi connectivity index (χ4n) is 1.89. The number of nitrogens with two attached hydrogens (primary N) is 1. The summed E-state index contributed by atoms with van der Waals surface area (Å²) in [6.45, 7) is 6.95. The van der Waals surface area contributed by atoms with Crippen molar-refractivity contribution in [3.63, 3.8) is 0 Å². The van der Waals surface area contributed by atoms with E-state index >= 15 is 0 Å². The Hall–Kier alpha value is -0.200. The Morgan fingerprint density at radius 3 is 2.78 bits per heavy atom. The van der Waals surface area contributed by atoms with Gasteiger partial charge in [-0.2, -0.15) is 16.7 Å². The van der Waals surface area contributed by atoms with Crippen molar-refractivity contribution >= 4 is 23.5 Å². The Labute approximate surface area is 117 Å². The average Bonchev–Trinajstić information content (AvgIpc) is 2.88. The molecule has 0 bridgehead atoms. The van der Waals surface area contributed by atoms with Gasteiger partial charge in [0.1, 0.15) is 0 Å². The molecule has 18 heavy (non-hydrogen) atoms. The summed E-state index contributed by atoms with van der Waals surface area (Å²) in [6.07, 6.45) is 0.910. The number of nitrogens with zero attached hydrogens (tertiary/aromatic N) is 2. The molecule has 0 amide bonds. The Morgan fingerprint density at radius 2 is 2.17 bits per heavy atom. The molecule has 2 heterocycles. The van der Waals surface area contributed by atoms with E-state index in [1.165, 1.54) is 5.75 Å². The topological polar surface area (TPSA) is 64.9 Å². The predicted octanol–water partition coefficient (Wildman–Crippen LogP) is 2.61.